The fourth-order valence-electron chi connectivity index (χ4n) is 4.77. The quantitative estimate of drug-likeness (QED) is 0.433. The van der Waals surface area contributed by atoms with Crippen molar-refractivity contribution in [3.63, 3.8) is 0 Å². The van der Waals surface area contributed by atoms with Gasteiger partial charge in [-0.2, -0.15) is 0 Å². The lowest BCUT2D eigenvalue weighted by atomic mass is 9.99. The summed E-state index contributed by atoms with van der Waals surface area (Å²) >= 11 is 0. The molecule has 2 saturated heterocycles. The molecule has 35 heavy (non-hydrogen) atoms. The van der Waals surface area contributed by atoms with Crippen molar-refractivity contribution in [2.75, 3.05) is 44.4 Å². The molecule has 10 heteroatoms. The molecule has 6 heterocycles. The molecule has 0 atom stereocenters. The van der Waals surface area contributed by atoms with Crippen LogP contribution >= 0.6 is 0 Å². The monoisotopic (exact) mass is 472 g/mol. The van der Waals surface area contributed by atoms with E-state index < -0.39 is 0 Å². The smallest absolute Gasteiger partial charge is 0.182 e. The summed E-state index contributed by atoms with van der Waals surface area (Å²) in [5.74, 6) is 3.40. The van der Waals surface area contributed by atoms with Crippen LogP contribution in [0.15, 0.2) is 36.8 Å². The number of hydrogen-bond acceptors (Lipinski definition) is 9. The van der Waals surface area contributed by atoms with Crippen molar-refractivity contribution in [2.24, 2.45) is 0 Å². The predicted octanol–water partition coefficient (Wildman–Crippen LogP) is 3.10. The molecule has 0 aliphatic carbocycles. The van der Waals surface area contributed by atoms with Crippen LogP contribution in [0.3, 0.4) is 0 Å². The van der Waals surface area contributed by atoms with Crippen molar-refractivity contribution in [3.05, 3.63) is 42.6 Å². The van der Waals surface area contributed by atoms with Gasteiger partial charge >= 0.3 is 0 Å². The van der Waals surface area contributed by atoms with Gasteiger partial charge in [0, 0.05) is 62.9 Å². The lowest BCUT2D eigenvalue weighted by Crippen LogP contribution is -2.37. The summed E-state index contributed by atoms with van der Waals surface area (Å²) in [4.78, 5) is 30.9. The molecular weight excluding hydrogens is 444 g/mol. The second kappa shape index (κ2) is 9.63. The van der Waals surface area contributed by atoms with Crippen LogP contribution in [0.25, 0.3) is 34.1 Å². The summed E-state index contributed by atoms with van der Waals surface area (Å²) in [7, 11) is 0. The molecule has 2 aliphatic heterocycles. The zero-order valence-corrected chi connectivity index (χ0v) is 19.8. The molecule has 0 N–H and O–H groups in total. The topological polar surface area (TPSA) is 104 Å². The standard InChI is InChI=1S/C25H28N8O2/c1-2-33-23(18-3-8-26-9-4-18)29-20-24(32-11-15-35-16-12-32)30-22(31-25(20)33)19-5-10-27-21(28-19)17-6-13-34-14-7-17/h3-5,8-10,17H,2,6-7,11-16H2,1H3. The summed E-state index contributed by atoms with van der Waals surface area (Å²) in [6, 6.07) is 5.84. The molecule has 0 radical (unpaired) electrons. The normalized spacial score (nSPS) is 17.2. The van der Waals surface area contributed by atoms with E-state index in [1.165, 1.54) is 0 Å². The number of pyridine rings is 1. The van der Waals surface area contributed by atoms with Gasteiger partial charge in [-0.1, -0.05) is 0 Å². The van der Waals surface area contributed by atoms with Gasteiger partial charge in [0.15, 0.2) is 22.8 Å². The molecule has 2 fully saturated rings. The summed E-state index contributed by atoms with van der Waals surface area (Å²) in [5.41, 5.74) is 3.32. The van der Waals surface area contributed by atoms with E-state index in [0.717, 1.165) is 85.6 Å². The number of fused-ring (bicyclic) bond motifs is 1. The average molecular weight is 473 g/mol. The van der Waals surface area contributed by atoms with Gasteiger partial charge in [0.25, 0.3) is 0 Å². The molecule has 0 unspecified atom stereocenters. The summed E-state index contributed by atoms with van der Waals surface area (Å²) in [6.07, 6.45) is 7.25. The van der Waals surface area contributed by atoms with Crippen LogP contribution in [0.1, 0.15) is 31.5 Å². The highest BCUT2D eigenvalue weighted by atomic mass is 16.5. The van der Waals surface area contributed by atoms with E-state index in [9.17, 15) is 0 Å². The van der Waals surface area contributed by atoms with E-state index >= 15 is 0 Å². The highest BCUT2D eigenvalue weighted by Gasteiger charge is 2.25. The summed E-state index contributed by atoms with van der Waals surface area (Å²) in [5, 5.41) is 0. The number of rotatable bonds is 5. The van der Waals surface area contributed by atoms with Crippen LogP contribution < -0.4 is 4.90 Å². The van der Waals surface area contributed by atoms with Crippen molar-refractivity contribution < 1.29 is 9.47 Å². The van der Waals surface area contributed by atoms with E-state index in [1.54, 1.807) is 12.4 Å². The van der Waals surface area contributed by atoms with E-state index in [2.05, 4.69) is 26.4 Å². The van der Waals surface area contributed by atoms with Gasteiger partial charge in [-0.05, 0) is 38.0 Å². The van der Waals surface area contributed by atoms with Crippen molar-refractivity contribution >= 4 is 17.0 Å². The third-order valence-electron chi connectivity index (χ3n) is 6.63. The Morgan fingerprint density at radius 2 is 1.66 bits per heavy atom. The lowest BCUT2D eigenvalue weighted by Gasteiger charge is -2.28. The average Bonchev–Trinajstić information content (AvgIpc) is 3.33. The molecule has 0 saturated carbocycles. The van der Waals surface area contributed by atoms with Crippen LogP contribution in [0.2, 0.25) is 0 Å². The van der Waals surface area contributed by atoms with Crippen LogP contribution in [-0.4, -0.2) is 74.0 Å². The molecule has 0 bridgehead atoms. The molecule has 4 aromatic heterocycles. The van der Waals surface area contributed by atoms with E-state index in [-0.39, 0.29) is 0 Å². The Balaban J connectivity index is 1.51. The maximum atomic E-state index is 5.60. The highest BCUT2D eigenvalue weighted by molar-refractivity contribution is 5.88. The lowest BCUT2D eigenvalue weighted by molar-refractivity contribution is 0.0836. The maximum Gasteiger partial charge on any atom is 0.182 e. The molecule has 2 aliphatic rings. The fourth-order valence-corrected chi connectivity index (χ4v) is 4.77. The van der Waals surface area contributed by atoms with Crippen molar-refractivity contribution in [1.82, 2.24) is 34.5 Å². The van der Waals surface area contributed by atoms with E-state index in [4.69, 9.17) is 29.4 Å². The third-order valence-corrected chi connectivity index (χ3v) is 6.63. The van der Waals surface area contributed by atoms with Gasteiger partial charge in [0.1, 0.15) is 17.3 Å². The Kier molecular flexibility index (Phi) is 6.05. The minimum atomic E-state index is 0.297. The van der Waals surface area contributed by atoms with Gasteiger partial charge in [-0.25, -0.2) is 24.9 Å². The maximum absolute atomic E-state index is 5.60. The summed E-state index contributed by atoms with van der Waals surface area (Å²) < 4.78 is 13.3. The fraction of sp³-hybridized carbons (Fsp3) is 0.440. The molecule has 0 aromatic carbocycles. The molecule has 6 rings (SSSR count). The number of ether oxygens (including phenoxy) is 2. The minimum absolute atomic E-state index is 0.297. The Morgan fingerprint density at radius 1 is 0.886 bits per heavy atom. The molecule has 0 amide bonds. The Morgan fingerprint density at radius 3 is 2.43 bits per heavy atom. The first-order valence-corrected chi connectivity index (χ1v) is 12.2. The highest BCUT2D eigenvalue weighted by Crippen LogP contribution is 2.32. The van der Waals surface area contributed by atoms with Gasteiger partial charge < -0.3 is 18.9 Å². The van der Waals surface area contributed by atoms with Crippen molar-refractivity contribution in [3.8, 4) is 22.9 Å². The van der Waals surface area contributed by atoms with Crippen molar-refractivity contribution in [1.29, 1.82) is 0 Å². The zero-order chi connectivity index (χ0) is 23.6. The van der Waals surface area contributed by atoms with Crippen LogP contribution in [0.4, 0.5) is 5.82 Å². The Hall–Kier alpha value is -3.50. The number of nitrogens with zero attached hydrogens (tertiary/aromatic N) is 8. The SMILES string of the molecule is CCn1c(-c2ccncc2)nc2c(N3CCOCC3)nc(-c3ccnc(C4CCOCC4)n3)nc21. The van der Waals surface area contributed by atoms with Gasteiger partial charge in [0.2, 0.25) is 0 Å². The number of anilines is 1. The molecular formula is C25H28N8O2. The minimum Gasteiger partial charge on any atom is -0.381 e. The van der Waals surface area contributed by atoms with Crippen LogP contribution in [0, 0.1) is 0 Å². The number of hydrogen-bond donors (Lipinski definition) is 0. The van der Waals surface area contributed by atoms with Gasteiger partial charge in [-0.3, -0.25) is 4.98 Å². The first-order chi connectivity index (χ1) is 17.3. The first kappa shape index (κ1) is 22.0. The molecule has 10 nitrogen and oxygen atoms in total. The van der Waals surface area contributed by atoms with Crippen LogP contribution in [0.5, 0.6) is 0 Å². The Bertz CT molecular complexity index is 1310. The number of aromatic nitrogens is 7. The third kappa shape index (κ3) is 4.23. The van der Waals surface area contributed by atoms with Gasteiger partial charge in [0.05, 0.1) is 13.2 Å². The van der Waals surface area contributed by atoms with Crippen molar-refractivity contribution in [2.45, 2.75) is 32.2 Å². The molecule has 0 spiro atoms. The zero-order valence-electron chi connectivity index (χ0n) is 19.8. The van der Waals surface area contributed by atoms with Gasteiger partial charge in [-0.15, -0.1) is 0 Å². The van der Waals surface area contributed by atoms with E-state index in [1.807, 2.05) is 24.4 Å². The number of aryl methyl sites for hydroxylation is 1. The van der Waals surface area contributed by atoms with Crippen LogP contribution in [-0.2, 0) is 16.0 Å². The second-order valence-electron chi connectivity index (χ2n) is 8.74. The van der Waals surface area contributed by atoms with E-state index in [0.29, 0.717) is 25.0 Å². The number of morpholine rings is 1. The number of imidazole rings is 1. The molecule has 180 valence electrons. The largest absolute Gasteiger partial charge is 0.381 e. The predicted molar refractivity (Wildman–Crippen MR) is 131 cm³/mol. The molecule has 4 aromatic rings. The second-order valence-corrected chi connectivity index (χ2v) is 8.74. The Labute approximate surface area is 203 Å². The first-order valence-electron chi connectivity index (χ1n) is 12.2. The summed E-state index contributed by atoms with van der Waals surface area (Å²) in [6.45, 7) is 7.16.